The maximum absolute atomic E-state index is 12.2. The SMILES string of the molecule is CCOCCn1c(=NC(=O)c2ccno2)sc2cc(C)c(C)cc21. The second-order valence-electron chi connectivity index (χ2n) is 5.43. The van der Waals surface area contributed by atoms with Gasteiger partial charge in [0.1, 0.15) is 0 Å². The van der Waals surface area contributed by atoms with Gasteiger partial charge >= 0.3 is 5.91 Å². The van der Waals surface area contributed by atoms with Crippen molar-refractivity contribution in [3.05, 3.63) is 46.1 Å². The van der Waals surface area contributed by atoms with E-state index in [1.165, 1.54) is 34.7 Å². The Morgan fingerprint density at radius 3 is 2.88 bits per heavy atom. The normalized spacial score (nSPS) is 12.2. The number of fused-ring (bicyclic) bond motifs is 1. The number of carbonyl (C=O) groups excluding carboxylic acids is 1. The van der Waals surface area contributed by atoms with Gasteiger partial charge in [-0.15, -0.1) is 0 Å². The third kappa shape index (κ3) is 3.32. The Morgan fingerprint density at radius 2 is 2.17 bits per heavy atom. The van der Waals surface area contributed by atoms with Crippen LogP contribution in [0.1, 0.15) is 28.6 Å². The number of hydrogen-bond acceptors (Lipinski definition) is 5. The molecular formula is C17H19N3O3S. The van der Waals surface area contributed by atoms with E-state index in [0.29, 0.717) is 24.6 Å². The Balaban J connectivity index is 2.11. The summed E-state index contributed by atoms with van der Waals surface area (Å²) in [6.45, 7) is 7.98. The van der Waals surface area contributed by atoms with E-state index in [-0.39, 0.29) is 5.76 Å². The monoisotopic (exact) mass is 345 g/mol. The summed E-state index contributed by atoms with van der Waals surface area (Å²) >= 11 is 1.49. The maximum Gasteiger partial charge on any atom is 0.318 e. The van der Waals surface area contributed by atoms with Gasteiger partial charge in [-0.3, -0.25) is 4.79 Å². The molecule has 1 aromatic carbocycles. The van der Waals surface area contributed by atoms with Crippen LogP contribution < -0.4 is 4.80 Å². The molecule has 126 valence electrons. The zero-order chi connectivity index (χ0) is 17.1. The van der Waals surface area contributed by atoms with Gasteiger partial charge in [0, 0.05) is 19.2 Å². The van der Waals surface area contributed by atoms with Crippen LogP contribution in [-0.2, 0) is 11.3 Å². The van der Waals surface area contributed by atoms with E-state index in [1.807, 2.05) is 11.5 Å². The topological polar surface area (TPSA) is 69.6 Å². The molecule has 0 saturated carbocycles. The number of amides is 1. The van der Waals surface area contributed by atoms with Crippen LogP contribution >= 0.6 is 11.3 Å². The highest BCUT2D eigenvalue weighted by Gasteiger charge is 2.12. The van der Waals surface area contributed by atoms with Crippen molar-refractivity contribution in [2.75, 3.05) is 13.2 Å². The molecule has 0 unspecified atom stereocenters. The average Bonchev–Trinajstić information content (AvgIpc) is 3.18. The third-order valence-electron chi connectivity index (χ3n) is 3.81. The molecule has 0 aliphatic carbocycles. The van der Waals surface area contributed by atoms with Crippen LogP contribution in [0.3, 0.4) is 0 Å². The number of thiazole rings is 1. The van der Waals surface area contributed by atoms with E-state index in [0.717, 1.165) is 10.2 Å². The number of carbonyl (C=O) groups is 1. The molecule has 0 spiro atoms. The van der Waals surface area contributed by atoms with Crippen molar-refractivity contribution in [1.82, 2.24) is 9.72 Å². The van der Waals surface area contributed by atoms with Crippen LogP contribution in [0, 0.1) is 13.8 Å². The molecule has 0 N–H and O–H groups in total. The molecule has 2 heterocycles. The van der Waals surface area contributed by atoms with Crippen LogP contribution in [0.25, 0.3) is 10.2 Å². The predicted octanol–water partition coefficient (Wildman–Crippen LogP) is 3.09. The Morgan fingerprint density at radius 1 is 1.38 bits per heavy atom. The van der Waals surface area contributed by atoms with Crippen molar-refractivity contribution in [3.63, 3.8) is 0 Å². The van der Waals surface area contributed by atoms with E-state index >= 15 is 0 Å². The lowest BCUT2D eigenvalue weighted by molar-refractivity contribution is 0.0961. The van der Waals surface area contributed by atoms with Gasteiger partial charge in [-0.25, -0.2) is 0 Å². The first-order chi connectivity index (χ1) is 11.6. The smallest absolute Gasteiger partial charge is 0.318 e. The molecule has 0 aliphatic heterocycles. The molecule has 0 bridgehead atoms. The highest BCUT2D eigenvalue weighted by molar-refractivity contribution is 7.16. The van der Waals surface area contributed by atoms with E-state index in [4.69, 9.17) is 9.26 Å². The number of aryl methyl sites for hydroxylation is 2. The van der Waals surface area contributed by atoms with Crippen molar-refractivity contribution in [3.8, 4) is 0 Å². The first-order valence-corrected chi connectivity index (χ1v) is 8.60. The van der Waals surface area contributed by atoms with Gasteiger partial charge in [0.15, 0.2) is 4.80 Å². The first kappa shape index (κ1) is 16.6. The van der Waals surface area contributed by atoms with Gasteiger partial charge in [0.05, 0.1) is 23.0 Å². The lowest BCUT2D eigenvalue weighted by atomic mass is 10.1. The Hall–Kier alpha value is -2.25. The van der Waals surface area contributed by atoms with Gasteiger partial charge in [0.25, 0.3) is 0 Å². The van der Waals surface area contributed by atoms with Gasteiger partial charge in [-0.05, 0) is 44.0 Å². The average molecular weight is 345 g/mol. The zero-order valence-corrected chi connectivity index (χ0v) is 14.7. The molecule has 0 saturated heterocycles. The quantitative estimate of drug-likeness (QED) is 0.666. The van der Waals surface area contributed by atoms with Crippen molar-refractivity contribution in [2.24, 2.45) is 4.99 Å². The number of rotatable bonds is 5. The summed E-state index contributed by atoms with van der Waals surface area (Å²) in [6, 6.07) is 5.77. The standard InChI is InChI=1S/C17H19N3O3S/c1-4-22-8-7-20-13-9-11(2)12(3)10-15(13)24-17(20)19-16(21)14-5-6-18-23-14/h5-6,9-10H,4,7-8H2,1-3H3. The molecule has 0 atom stereocenters. The fourth-order valence-electron chi connectivity index (χ4n) is 2.39. The minimum Gasteiger partial charge on any atom is -0.380 e. The molecule has 24 heavy (non-hydrogen) atoms. The molecule has 3 aromatic rings. The first-order valence-electron chi connectivity index (χ1n) is 7.78. The third-order valence-corrected chi connectivity index (χ3v) is 4.85. The van der Waals surface area contributed by atoms with Crippen LogP contribution in [-0.4, -0.2) is 28.8 Å². The highest BCUT2D eigenvalue weighted by Crippen LogP contribution is 2.22. The van der Waals surface area contributed by atoms with Gasteiger partial charge < -0.3 is 13.8 Å². The molecule has 0 fully saturated rings. The van der Waals surface area contributed by atoms with Crippen molar-refractivity contribution < 1.29 is 14.1 Å². The Bertz CT molecular complexity index is 923. The summed E-state index contributed by atoms with van der Waals surface area (Å²) in [5.41, 5.74) is 3.49. The van der Waals surface area contributed by atoms with Crippen molar-refractivity contribution in [1.29, 1.82) is 0 Å². The second-order valence-corrected chi connectivity index (χ2v) is 6.44. The molecule has 7 heteroatoms. The van der Waals surface area contributed by atoms with Crippen LogP contribution in [0.2, 0.25) is 0 Å². The summed E-state index contributed by atoms with van der Waals surface area (Å²) in [5, 5.41) is 3.55. The van der Waals surface area contributed by atoms with Gasteiger partial charge in [-0.2, -0.15) is 4.99 Å². The van der Waals surface area contributed by atoms with E-state index in [1.54, 1.807) is 0 Å². The summed E-state index contributed by atoms with van der Waals surface area (Å²) in [4.78, 5) is 17.1. The molecule has 1 amide bonds. The molecular weight excluding hydrogens is 326 g/mol. The van der Waals surface area contributed by atoms with Crippen LogP contribution in [0.4, 0.5) is 0 Å². The number of aromatic nitrogens is 2. The van der Waals surface area contributed by atoms with E-state index in [2.05, 4.69) is 36.1 Å². The van der Waals surface area contributed by atoms with Gasteiger partial charge in [0.2, 0.25) is 5.76 Å². The predicted molar refractivity (Wildman–Crippen MR) is 92.2 cm³/mol. The lowest BCUT2D eigenvalue weighted by Crippen LogP contribution is -2.19. The number of ether oxygens (including phenoxy) is 1. The summed E-state index contributed by atoms with van der Waals surface area (Å²) in [5.74, 6) is -0.297. The van der Waals surface area contributed by atoms with Gasteiger partial charge in [-0.1, -0.05) is 16.5 Å². The van der Waals surface area contributed by atoms with E-state index in [9.17, 15) is 4.79 Å². The largest absolute Gasteiger partial charge is 0.380 e. The Kier molecular flexibility index (Phi) is 4.92. The fraction of sp³-hybridized carbons (Fsp3) is 0.353. The van der Waals surface area contributed by atoms with Crippen molar-refractivity contribution in [2.45, 2.75) is 27.3 Å². The minimum absolute atomic E-state index is 0.135. The summed E-state index contributed by atoms with van der Waals surface area (Å²) < 4.78 is 13.5. The molecule has 6 nitrogen and oxygen atoms in total. The number of hydrogen-bond donors (Lipinski definition) is 0. The van der Waals surface area contributed by atoms with E-state index < -0.39 is 5.91 Å². The minimum atomic E-state index is -0.433. The Labute approximate surface area is 143 Å². The summed E-state index contributed by atoms with van der Waals surface area (Å²) in [6.07, 6.45) is 1.43. The molecule has 2 aromatic heterocycles. The number of nitrogens with zero attached hydrogens (tertiary/aromatic N) is 3. The molecule has 3 rings (SSSR count). The highest BCUT2D eigenvalue weighted by atomic mass is 32.1. The summed E-state index contributed by atoms with van der Waals surface area (Å²) in [7, 11) is 0. The zero-order valence-electron chi connectivity index (χ0n) is 13.9. The molecule has 0 radical (unpaired) electrons. The van der Waals surface area contributed by atoms with Crippen molar-refractivity contribution >= 4 is 27.5 Å². The van der Waals surface area contributed by atoms with Crippen LogP contribution in [0.15, 0.2) is 33.9 Å². The number of benzene rings is 1. The second kappa shape index (κ2) is 7.11. The lowest BCUT2D eigenvalue weighted by Gasteiger charge is -2.07. The fourth-order valence-corrected chi connectivity index (χ4v) is 3.53. The maximum atomic E-state index is 12.2. The molecule has 0 aliphatic rings. The van der Waals surface area contributed by atoms with Crippen LogP contribution in [0.5, 0.6) is 0 Å².